The van der Waals surface area contributed by atoms with Crippen LogP contribution in [0.2, 0.25) is 0 Å². The molecule has 0 saturated carbocycles. The second-order valence-corrected chi connectivity index (χ2v) is 5.46. The average Bonchev–Trinajstić information content (AvgIpc) is 2.64. The van der Waals surface area contributed by atoms with Gasteiger partial charge in [0, 0.05) is 0 Å². The fourth-order valence-corrected chi connectivity index (χ4v) is 2.39. The zero-order valence-electron chi connectivity index (χ0n) is 13.8. The van der Waals surface area contributed by atoms with Gasteiger partial charge in [0.2, 0.25) is 0 Å². The topological polar surface area (TPSA) is 86.5 Å². The van der Waals surface area contributed by atoms with Crippen LogP contribution in [0.25, 0.3) is 10.9 Å². The van der Waals surface area contributed by atoms with E-state index in [9.17, 15) is 9.90 Å². The number of aliphatic hydroxyl groups is 1. The minimum absolute atomic E-state index is 0.00764. The number of rotatable bonds is 7. The standard InChI is InChI=1S/C18H19N3O4/c1-2-24-14-7-9-15(10-8-14)25-12-13(22)11-21-18(23)16-5-3-4-6-17(16)19-20-21/h3-10,13,22H,2,11-12H2,1H3. The zero-order valence-corrected chi connectivity index (χ0v) is 13.8. The molecule has 7 nitrogen and oxygen atoms in total. The Morgan fingerprint density at radius 2 is 1.76 bits per heavy atom. The molecule has 0 aliphatic carbocycles. The molecule has 1 aromatic heterocycles. The molecule has 130 valence electrons. The lowest BCUT2D eigenvalue weighted by molar-refractivity contribution is 0.0873. The summed E-state index contributed by atoms with van der Waals surface area (Å²) in [5.41, 5.74) is 0.245. The Bertz CT molecular complexity index is 893. The van der Waals surface area contributed by atoms with E-state index in [1.165, 1.54) is 0 Å². The highest BCUT2D eigenvalue weighted by Crippen LogP contribution is 2.17. The van der Waals surface area contributed by atoms with Crippen LogP contribution in [0.1, 0.15) is 6.92 Å². The summed E-state index contributed by atoms with van der Waals surface area (Å²) in [7, 11) is 0. The molecule has 0 aliphatic heterocycles. The highest BCUT2D eigenvalue weighted by atomic mass is 16.5. The summed E-state index contributed by atoms with van der Waals surface area (Å²) < 4.78 is 12.0. The van der Waals surface area contributed by atoms with Crippen molar-refractivity contribution >= 4 is 10.9 Å². The van der Waals surface area contributed by atoms with Gasteiger partial charge in [-0.15, -0.1) is 5.10 Å². The van der Waals surface area contributed by atoms with E-state index in [1.54, 1.807) is 48.5 Å². The monoisotopic (exact) mass is 341 g/mol. The molecule has 0 amide bonds. The molecule has 0 spiro atoms. The molecule has 3 aromatic rings. The van der Waals surface area contributed by atoms with Gasteiger partial charge in [-0.25, -0.2) is 4.68 Å². The number of nitrogens with zero attached hydrogens (tertiary/aromatic N) is 3. The number of benzene rings is 2. The van der Waals surface area contributed by atoms with Gasteiger partial charge in [-0.1, -0.05) is 17.3 Å². The second kappa shape index (κ2) is 7.76. The van der Waals surface area contributed by atoms with Crippen LogP contribution in [-0.2, 0) is 6.54 Å². The van der Waals surface area contributed by atoms with Gasteiger partial charge in [0.05, 0.1) is 18.5 Å². The maximum atomic E-state index is 12.3. The van der Waals surface area contributed by atoms with E-state index in [4.69, 9.17) is 9.47 Å². The lowest BCUT2D eigenvalue weighted by Crippen LogP contribution is -2.32. The highest BCUT2D eigenvalue weighted by molar-refractivity contribution is 5.76. The molecule has 2 aromatic carbocycles. The van der Waals surface area contributed by atoms with Gasteiger partial charge in [-0.2, -0.15) is 0 Å². The predicted molar refractivity (Wildman–Crippen MR) is 92.9 cm³/mol. The highest BCUT2D eigenvalue weighted by Gasteiger charge is 2.11. The third-order valence-electron chi connectivity index (χ3n) is 3.59. The Balaban J connectivity index is 1.62. The molecule has 7 heteroatoms. The minimum Gasteiger partial charge on any atom is -0.494 e. The van der Waals surface area contributed by atoms with Gasteiger partial charge < -0.3 is 14.6 Å². The van der Waals surface area contributed by atoms with Crippen molar-refractivity contribution in [1.29, 1.82) is 0 Å². The molecular weight excluding hydrogens is 322 g/mol. The second-order valence-electron chi connectivity index (χ2n) is 5.46. The van der Waals surface area contributed by atoms with Gasteiger partial charge in [0.1, 0.15) is 29.7 Å². The Morgan fingerprint density at radius 3 is 2.48 bits per heavy atom. The van der Waals surface area contributed by atoms with Crippen LogP contribution in [0.3, 0.4) is 0 Å². The van der Waals surface area contributed by atoms with Crippen LogP contribution in [-0.4, -0.2) is 39.4 Å². The van der Waals surface area contributed by atoms with E-state index in [0.29, 0.717) is 23.3 Å². The first-order chi connectivity index (χ1) is 12.2. The largest absolute Gasteiger partial charge is 0.494 e. The fraction of sp³-hybridized carbons (Fsp3) is 0.278. The van der Waals surface area contributed by atoms with E-state index >= 15 is 0 Å². The summed E-state index contributed by atoms with van der Waals surface area (Å²) in [6, 6.07) is 14.1. The quantitative estimate of drug-likeness (QED) is 0.703. The summed E-state index contributed by atoms with van der Waals surface area (Å²) in [6.07, 6.45) is -0.889. The van der Waals surface area contributed by atoms with E-state index < -0.39 is 6.10 Å². The Morgan fingerprint density at radius 1 is 1.08 bits per heavy atom. The van der Waals surface area contributed by atoms with Crippen LogP contribution in [0.15, 0.2) is 53.3 Å². The summed E-state index contributed by atoms with van der Waals surface area (Å²) in [5.74, 6) is 1.37. The third kappa shape index (κ3) is 4.13. The van der Waals surface area contributed by atoms with Crippen LogP contribution in [0.4, 0.5) is 0 Å². The molecule has 0 aliphatic rings. The number of hydrogen-bond acceptors (Lipinski definition) is 6. The van der Waals surface area contributed by atoms with Crippen molar-refractivity contribution in [3.8, 4) is 11.5 Å². The van der Waals surface area contributed by atoms with E-state index in [2.05, 4.69) is 10.3 Å². The van der Waals surface area contributed by atoms with Crippen molar-refractivity contribution in [3.05, 3.63) is 58.9 Å². The summed E-state index contributed by atoms with van der Waals surface area (Å²) in [6.45, 7) is 2.56. The molecule has 0 bridgehead atoms. The average molecular weight is 341 g/mol. The van der Waals surface area contributed by atoms with Crippen molar-refractivity contribution in [3.63, 3.8) is 0 Å². The molecule has 0 saturated heterocycles. The summed E-state index contributed by atoms with van der Waals surface area (Å²) in [4.78, 5) is 12.3. The van der Waals surface area contributed by atoms with Crippen LogP contribution in [0, 0.1) is 0 Å². The molecule has 1 heterocycles. The lowest BCUT2D eigenvalue weighted by Gasteiger charge is -2.13. The molecular formula is C18H19N3O4. The third-order valence-corrected chi connectivity index (χ3v) is 3.59. The zero-order chi connectivity index (χ0) is 17.6. The van der Waals surface area contributed by atoms with Crippen LogP contribution in [0.5, 0.6) is 11.5 Å². The normalized spacial score (nSPS) is 12.1. The molecule has 0 fully saturated rings. The fourth-order valence-electron chi connectivity index (χ4n) is 2.39. The maximum absolute atomic E-state index is 12.3. The molecule has 1 unspecified atom stereocenters. The molecule has 1 atom stereocenters. The first-order valence-electron chi connectivity index (χ1n) is 8.03. The van der Waals surface area contributed by atoms with Crippen molar-refractivity contribution in [1.82, 2.24) is 15.0 Å². The number of aromatic nitrogens is 3. The van der Waals surface area contributed by atoms with Crippen molar-refractivity contribution in [2.24, 2.45) is 0 Å². The van der Waals surface area contributed by atoms with Gasteiger partial charge >= 0.3 is 0 Å². The number of ether oxygens (including phenoxy) is 2. The van der Waals surface area contributed by atoms with Crippen molar-refractivity contribution < 1.29 is 14.6 Å². The predicted octanol–water partition coefficient (Wildman–Crippen LogP) is 1.63. The number of hydrogen-bond donors (Lipinski definition) is 1. The molecule has 1 N–H and O–H groups in total. The van der Waals surface area contributed by atoms with Crippen molar-refractivity contribution in [2.75, 3.05) is 13.2 Å². The van der Waals surface area contributed by atoms with E-state index in [1.807, 2.05) is 6.92 Å². The smallest absolute Gasteiger partial charge is 0.277 e. The van der Waals surface area contributed by atoms with Crippen LogP contribution >= 0.6 is 0 Å². The molecule has 25 heavy (non-hydrogen) atoms. The first-order valence-corrected chi connectivity index (χ1v) is 8.03. The SMILES string of the molecule is CCOc1ccc(OCC(O)Cn2nnc3ccccc3c2=O)cc1. The lowest BCUT2D eigenvalue weighted by atomic mass is 10.2. The number of fused-ring (bicyclic) bond motifs is 1. The summed E-state index contributed by atoms with van der Waals surface area (Å²) >= 11 is 0. The van der Waals surface area contributed by atoms with Gasteiger partial charge in [-0.3, -0.25) is 4.79 Å². The Labute approximate surface area is 144 Å². The van der Waals surface area contributed by atoms with Gasteiger partial charge in [0.25, 0.3) is 5.56 Å². The Kier molecular flexibility index (Phi) is 5.25. The van der Waals surface area contributed by atoms with Gasteiger partial charge in [0.15, 0.2) is 0 Å². The van der Waals surface area contributed by atoms with E-state index in [-0.39, 0.29) is 18.7 Å². The summed E-state index contributed by atoms with van der Waals surface area (Å²) in [5, 5.41) is 18.4. The maximum Gasteiger partial charge on any atom is 0.277 e. The van der Waals surface area contributed by atoms with Crippen LogP contribution < -0.4 is 15.0 Å². The van der Waals surface area contributed by atoms with Gasteiger partial charge in [-0.05, 0) is 43.3 Å². The Hall–Kier alpha value is -2.93. The molecule has 3 rings (SSSR count). The van der Waals surface area contributed by atoms with E-state index in [0.717, 1.165) is 10.4 Å². The minimum atomic E-state index is -0.889. The van der Waals surface area contributed by atoms with Crippen molar-refractivity contribution in [2.45, 2.75) is 19.6 Å². The number of aliphatic hydroxyl groups excluding tert-OH is 1. The molecule has 0 radical (unpaired) electrons. The first kappa shape index (κ1) is 16.9.